The summed E-state index contributed by atoms with van der Waals surface area (Å²) in [4.78, 5) is 29.7. The van der Waals surface area contributed by atoms with Crippen LogP contribution in [0.5, 0.6) is 0 Å². The van der Waals surface area contributed by atoms with Crippen LogP contribution in [0.25, 0.3) is 10.3 Å². The maximum atomic E-state index is 12.8. The molecular formula is C18H17F3N4O2S2. The standard InChI is InChI=1S/C18H17F3N4O2S2/c1-4-5-24-15-14(29-17(24)28)16(27)23(9-22-15)7-13(26)12-6-10(2)25(11(12)3)8-18(19,20)21/h4,6,9H,1,5,7-8H2,2-3H3. The van der Waals surface area contributed by atoms with E-state index in [9.17, 15) is 22.8 Å². The SMILES string of the molecule is C=CCn1c(=S)sc2c(=O)n(CC(=O)c3cc(C)n(CC(F)(F)F)c3C)cnc21. The van der Waals surface area contributed by atoms with Gasteiger partial charge in [-0.05, 0) is 32.1 Å². The minimum absolute atomic E-state index is 0.149. The predicted octanol–water partition coefficient (Wildman–Crippen LogP) is 4.04. The highest BCUT2D eigenvalue weighted by Gasteiger charge is 2.30. The summed E-state index contributed by atoms with van der Waals surface area (Å²) in [5.41, 5.74) is 0.669. The quantitative estimate of drug-likeness (QED) is 0.328. The number of aryl methyl sites for hydroxylation is 1. The molecule has 0 radical (unpaired) electrons. The van der Waals surface area contributed by atoms with Gasteiger partial charge in [-0.3, -0.25) is 14.2 Å². The van der Waals surface area contributed by atoms with Gasteiger partial charge in [-0.15, -0.1) is 6.58 Å². The van der Waals surface area contributed by atoms with E-state index in [-0.39, 0.29) is 17.8 Å². The van der Waals surface area contributed by atoms with Gasteiger partial charge in [0, 0.05) is 23.5 Å². The van der Waals surface area contributed by atoms with Gasteiger partial charge in [0.05, 0.1) is 6.54 Å². The van der Waals surface area contributed by atoms with Gasteiger partial charge in [0.25, 0.3) is 5.56 Å². The predicted molar refractivity (Wildman–Crippen MR) is 107 cm³/mol. The summed E-state index contributed by atoms with van der Waals surface area (Å²) in [7, 11) is 0. The van der Waals surface area contributed by atoms with E-state index in [0.717, 1.165) is 20.5 Å². The van der Waals surface area contributed by atoms with Crippen molar-refractivity contribution in [3.63, 3.8) is 0 Å². The highest BCUT2D eigenvalue weighted by atomic mass is 32.1. The molecule has 0 saturated heterocycles. The average molecular weight is 442 g/mol. The van der Waals surface area contributed by atoms with Crippen LogP contribution in [0.1, 0.15) is 21.7 Å². The van der Waals surface area contributed by atoms with Crippen LogP contribution in [0.2, 0.25) is 0 Å². The molecule has 0 spiro atoms. The number of hydrogen-bond donors (Lipinski definition) is 0. The number of thiazole rings is 1. The highest BCUT2D eigenvalue weighted by molar-refractivity contribution is 7.73. The molecule has 0 saturated carbocycles. The molecule has 6 nitrogen and oxygen atoms in total. The van der Waals surface area contributed by atoms with E-state index in [1.54, 1.807) is 10.6 Å². The number of Topliss-reactive ketones (excluding diaryl/α,β-unsaturated/α-hetero) is 1. The van der Waals surface area contributed by atoms with E-state index in [4.69, 9.17) is 12.2 Å². The molecule has 0 atom stereocenters. The lowest BCUT2D eigenvalue weighted by atomic mass is 10.1. The van der Waals surface area contributed by atoms with Gasteiger partial charge in [0.15, 0.2) is 15.4 Å². The van der Waals surface area contributed by atoms with E-state index >= 15 is 0 Å². The smallest absolute Gasteiger partial charge is 0.339 e. The second-order valence-electron chi connectivity index (χ2n) is 6.51. The Hall–Kier alpha value is -2.53. The summed E-state index contributed by atoms with van der Waals surface area (Å²) >= 11 is 6.34. The van der Waals surface area contributed by atoms with E-state index in [1.807, 2.05) is 0 Å². The van der Waals surface area contributed by atoms with Gasteiger partial charge in [0.1, 0.15) is 17.6 Å². The Bertz CT molecular complexity index is 1230. The molecule has 3 aromatic rings. The zero-order valence-corrected chi connectivity index (χ0v) is 17.2. The van der Waals surface area contributed by atoms with Crippen LogP contribution in [0, 0.1) is 17.8 Å². The fourth-order valence-electron chi connectivity index (χ4n) is 3.12. The number of carbonyl (C=O) groups is 1. The van der Waals surface area contributed by atoms with Crippen molar-refractivity contribution >= 4 is 39.7 Å². The van der Waals surface area contributed by atoms with Crippen LogP contribution in [0.4, 0.5) is 13.2 Å². The first-order valence-electron chi connectivity index (χ1n) is 8.50. The Morgan fingerprint density at radius 1 is 1.34 bits per heavy atom. The normalized spacial score (nSPS) is 11.9. The topological polar surface area (TPSA) is 61.8 Å². The Balaban J connectivity index is 1.96. The van der Waals surface area contributed by atoms with Crippen molar-refractivity contribution in [2.75, 3.05) is 0 Å². The molecule has 29 heavy (non-hydrogen) atoms. The molecule has 0 aliphatic carbocycles. The number of carbonyl (C=O) groups excluding carboxylic acids is 1. The molecule has 154 valence electrons. The summed E-state index contributed by atoms with van der Waals surface area (Å²) in [6.45, 7) is 5.50. The van der Waals surface area contributed by atoms with Crippen LogP contribution in [0.15, 0.2) is 29.8 Å². The number of halogens is 3. The number of hydrogen-bond acceptors (Lipinski definition) is 5. The van der Waals surface area contributed by atoms with Gasteiger partial charge >= 0.3 is 6.18 Å². The Morgan fingerprint density at radius 3 is 2.66 bits per heavy atom. The number of nitrogens with zero attached hydrogens (tertiary/aromatic N) is 4. The van der Waals surface area contributed by atoms with E-state index < -0.39 is 24.1 Å². The molecule has 3 heterocycles. The molecule has 0 aliphatic heterocycles. The highest BCUT2D eigenvalue weighted by Crippen LogP contribution is 2.24. The lowest BCUT2D eigenvalue weighted by molar-refractivity contribution is -0.141. The third-order valence-corrected chi connectivity index (χ3v) is 5.91. The summed E-state index contributed by atoms with van der Waals surface area (Å²) < 4.78 is 43.0. The Labute approximate surface area is 172 Å². The number of ketones is 1. The third-order valence-electron chi connectivity index (χ3n) is 4.48. The number of allylic oxidation sites excluding steroid dienone is 1. The van der Waals surface area contributed by atoms with Gasteiger partial charge in [-0.1, -0.05) is 17.4 Å². The monoisotopic (exact) mass is 442 g/mol. The van der Waals surface area contributed by atoms with Crippen molar-refractivity contribution in [3.8, 4) is 0 Å². The molecule has 0 fully saturated rings. The van der Waals surface area contributed by atoms with Gasteiger partial charge in [-0.2, -0.15) is 13.2 Å². The fourth-order valence-corrected chi connectivity index (χ4v) is 4.44. The van der Waals surface area contributed by atoms with Crippen molar-refractivity contribution in [2.45, 2.75) is 39.7 Å². The molecule has 0 bridgehead atoms. The molecule has 3 rings (SSSR count). The molecule has 0 amide bonds. The van der Waals surface area contributed by atoms with E-state index in [1.165, 1.54) is 26.2 Å². The first kappa shape index (κ1) is 21.2. The van der Waals surface area contributed by atoms with E-state index in [2.05, 4.69) is 11.6 Å². The van der Waals surface area contributed by atoms with Crippen LogP contribution >= 0.6 is 23.6 Å². The molecule has 0 aliphatic rings. The van der Waals surface area contributed by atoms with Crippen LogP contribution < -0.4 is 5.56 Å². The maximum Gasteiger partial charge on any atom is 0.406 e. The van der Waals surface area contributed by atoms with Gasteiger partial charge in [-0.25, -0.2) is 4.98 Å². The van der Waals surface area contributed by atoms with Crippen molar-refractivity contribution in [1.29, 1.82) is 0 Å². The third kappa shape index (κ3) is 4.10. The first-order chi connectivity index (χ1) is 13.5. The summed E-state index contributed by atoms with van der Waals surface area (Å²) in [5.74, 6) is -0.469. The second kappa shape index (κ2) is 7.71. The zero-order valence-electron chi connectivity index (χ0n) is 15.6. The second-order valence-corrected chi connectivity index (χ2v) is 8.15. The molecule has 0 unspecified atom stereocenters. The number of aromatic nitrogens is 4. The molecule has 3 aromatic heterocycles. The fraction of sp³-hybridized carbons (Fsp3) is 0.333. The lowest BCUT2D eigenvalue weighted by Crippen LogP contribution is -2.25. The minimum Gasteiger partial charge on any atom is -0.339 e. The van der Waals surface area contributed by atoms with Crippen LogP contribution in [-0.2, 0) is 19.6 Å². The van der Waals surface area contributed by atoms with Crippen LogP contribution in [-0.4, -0.2) is 30.6 Å². The largest absolute Gasteiger partial charge is 0.406 e. The minimum atomic E-state index is -4.40. The van der Waals surface area contributed by atoms with Gasteiger partial charge in [0.2, 0.25) is 0 Å². The Kier molecular flexibility index (Phi) is 5.63. The molecule has 0 N–H and O–H groups in total. The Morgan fingerprint density at radius 2 is 2.03 bits per heavy atom. The van der Waals surface area contributed by atoms with Crippen molar-refractivity contribution < 1.29 is 18.0 Å². The zero-order chi connectivity index (χ0) is 21.5. The molecule has 11 heteroatoms. The summed E-state index contributed by atoms with van der Waals surface area (Å²) in [6.07, 6.45) is -1.52. The van der Waals surface area contributed by atoms with Crippen molar-refractivity contribution in [3.05, 3.63) is 56.3 Å². The number of alkyl halides is 3. The average Bonchev–Trinajstić information content (AvgIpc) is 3.09. The lowest BCUT2D eigenvalue weighted by Gasteiger charge is -2.12. The summed E-state index contributed by atoms with van der Waals surface area (Å²) in [5, 5.41) is 0. The van der Waals surface area contributed by atoms with Crippen molar-refractivity contribution in [1.82, 2.24) is 18.7 Å². The summed E-state index contributed by atoms with van der Waals surface area (Å²) in [6, 6.07) is 1.41. The van der Waals surface area contributed by atoms with Crippen LogP contribution in [0.3, 0.4) is 0 Å². The maximum absolute atomic E-state index is 12.8. The van der Waals surface area contributed by atoms with Crippen molar-refractivity contribution in [2.24, 2.45) is 0 Å². The molecule has 0 aromatic carbocycles. The number of rotatable bonds is 6. The van der Waals surface area contributed by atoms with Gasteiger partial charge < -0.3 is 9.13 Å². The first-order valence-corrected chi connectivity index (χ1v) is 9.72. The number of fused-ring (bicyclic) bond motifs is 1. The van der Waals surface area contributed by atoms with E-state index in [0.29, 0.717) is 26.5 Å². The molecular weight excluding hydrogens is 425 g/mol.